The van der Waals surface area contributed by atoms with Gasteiger partial charge in [-0.05, 0) is 49.4 Å². The SMILES string of the molecule is CC(C1CC1)N1Cc2cc(-c3ccn4nc(N)c(C(=O)Nc5cnn(CC(F)(F)F)c5)c4n3)cc(NS(C)(=O)=O)c2C1=O. The number of halogens is 3. The Morgan fingerprint density at radius 2 is 2.00 bits per heavy atom. The summed E-state index contributed by atoms with van der Waals surface area (Å²) in [6.07, 6.45) is 2.18. The Balaban J connectivity index is 1.36. The fourth-order valence-corrected chi connectivity index (χ4v) is 5.85. The topological polar surface area (TPSA) is 170 Å². The predicted molar refractivity (Wildman–Crippen MR) is 150 cm³/mol. The summed E-state index contributed by atoms with van der Waals surface area (Å²) in [7, 11) is -3.74. The molecule has 4 aromatic rings. The molecule has 6 rings (SSSR count). The first-order chi connectivity index (χ1) is 20.2. The highest BCUT2D eigenvalue weighted by atomic mass is 32.2. The maximum atomic E-state index is 13.4. The van der Waals surface area contributed by atoms with Gasteiger partial charge in [-0.15, -0.1) is 5.10 Å². The second-order valence-corrected chi connectivity index (χ2v) is 12.5. The van der Waals surface area contributed by atoms with Crippen LogP contribution < -0.4 is 15.8 Å². The van der Waals surface area contributed by atoms with E-state index in [9.17, 15) is 31.2 Å². The molecule has 17 heteroatoms. The highest BCUT2D eigenvalue weighted by Gasteiger charge is 2.40. The van der Waals surface area contributed by atoms with Crippen LogP contribution in [0.15, 0.2) is 36.8 Å². The Bertz CT molecular complexity index is 1900. The number of anilines is 3. The smallest absolute Gasteiger partial charge is 0.381 e. The Labute approximate surface area is 242 Å². The molecule has 1 aliphatic heterocycles. The lowest BCUT2D eigenvalue weighted by molar-refractivity contribution is -0.142. The van der Waals surface area contributed by atoms with Crippen molar-refractivity contribution < 1.29 is 31.2 Å². The fraction of sp³-hybridized carbons (Fsp3) is 0.346. The van der Waals surface area contributed by atoms with Crippen molar-refractivity contribution >= 4 is 44.7 Å². The Kier molecular flexibility index (Phi) is 6.59. The number of carbonyl (C=O) groups is 2. The zero-order chi connectivity index (χ0) is 30.8. The average Bonchev–Trinajstić information content (AvgIpc) is 3.45. The van der Waals surface area contributed by atoms with Gasteiger partial charge >= 0.3 is 6.18 Å². The molecule has 13 nitrogen and oxygen atoms in total. The van der Waals surface area contributed by atoms with Gasteiger partial charge in [-0.3, -0.25) is 19.0 Å². The van der Waals surface area contributed by atoms with Crippen molar-refractivity contribution in [1.29, 1.82) is 0 Å². The summed E-state index contributed by atoms with van der Waals surface area (Å²) >= 11 is 0. The maximum absolute atomic E-state index is 13.4. The van der Waals surface area contributed by atoms with Crippen molar-refractivity contribution in [2.45, 2.75) is 45.1 Å². The van der Waals surface area contributed by atoms with E-state index < -0.39 is 28.7 Å². The van der Waals surface area contributed by atoms with Crippen molar-refractivity contribution in [3.05, 3.63) is 53.5 Å². The Morgan fingerprint density at radius 3 is 2.67 bits per heavy atom. The molecule has 0 saturated heterocycles. The number of alkyl halides is 3. The molecule has 4 N–H and O–H groups in total. The van der Waals surface area contributed by atoms with Crippen molar-refractivity contribution in [2.75, 3.05) is 22.0 Å². The number of carbonyl (C=O) groups excluding carboxylic acids is 2. The summed E-state index contributed by atoms with van der Waals surface area (Å²) in [4.78, 5) is 32.8. The fourth-order valence-electron chi connectivity index (χ4n) is 5.29. The highest BCUT2D eigenvalue weighted by Crippen LogP contribution is 2.41. The standard InChI is InChI=1S/C26H26F3N9O4S/c1-13(14-3-4-14)37-10-16-7-15(8-19(20(16)25(37)40)35-43(2,41)42)18-5-6-38-23(33-18)21(22(30)34-38)24(39)32-17-9-31-36(11-17)12-26(27,28)29/h5-9,11,13-14,35H,3-4,10,12H2,1-2H3,(H2,30,34)(H,32,39). The van der Waals surface area contributed by atoms with Crippen LogP contribution in [-0.4, -0.2) is 68.0 Å². The normalized spacial score (nSPS) is 16.0. The van der Waals surface area contributed by atoms with E-state index in [4.69, 9.17) is 5.73 Å². The lowest BCUT2D eigenvalue weighted by Gasteiger charge is -2.24. The van der Waals surface area contributed by atoms with Gasteiger partial charge in [-0.1, -0.05) is 0 Å². The van der Waals surface area contributed by atoms with Gasteiger partial charge in [0.05, 0.1) is 35.1 Å². The molecule has 0 radical (unpaired) electrons. The number of sulfonamides is 1. The van der Waals surface area contributed by atoms with E-state index in [0.717, 1.165) is 31.5 Å². The summed E-state index contributed by atoms with van der Waals surface area (Å²) in [5, 5.41) is 10.2. The molecule has 0 bridgehead atoms. The van der Waals surface area contributed by atoms with E-state index in [-0.39, 0.29) is 45.9 Å². The summed E-state index contributed by atoms with van der Waals surface area (Å²) in [5.74, 6) is -0.790. The van der Waals surface area contributed by atoms with Crippen molar-refractivity contribution in [3.8, 4) is 11.3 Å². The molecule has 1 unspecified atom stereocenters. The van der Waals surface area contributed by atoms with Crippen LogP contribution in [0.3, 0.4) is 0 Å². The van der Waals surface area contributed by atoms with Gasteiger partial charge in [0, 0.05) is 30.5 Å². The predicted octanol–water partition coefficient (Wildman–Crippen LogP) is 3.12. The van der Waals surface area contributed by atoms with E-state index in [1.54, 1.807) is 17.0 Å². The molecule has 2 amide bonds. The third kappa shape index (κ3) is 5.71. The average molecular weight is 618 g/mol. The van der Waals surface area contributed by atoms with Crippen LogP contribution in [0.25, 0.3) is 16.9 Å². The van der Waals surface area contributed by atoms with Crippen LogP contribution in [0.5, 0.6) is 0 Å². The molecule has 0 spiro atoms. The Hall–Kier alpha value is -4.67. The summed E-state index contributed by atoms with van der Waals surface area (Å²) in [6, 6.07) is 4.86. The molecule has 43 heavy (non-hydrogen) atoms. The Morgan fingerprint density at radius 1 is 1.26 bits per heavy atom. The number of aromatic nitrogens is 5. The summed E-state index contributed by atoms with van der Waals surface area (Å²) < 4.78 is 66.9. The number of fused-ring (bicyclic) bond motifs is 2. The van der Waals surface area contributed by atoms with Crippen LogP contribution in [0, 0.1) is 5.92 Å². The highest BCUT2D eigenvalue weighted by molar-refractivity contribution is 7.92. The molecule has 1 aliphatic carbocycles. The van der Waals surface area contributed by atoms with Gasteiger partial charge in [0.15, 0.2) is 11.5 Å². The van der Waals surface area contributed by atoms with Crippen molar-refractivity contribution in [2.24, 2.45) is 5.92 Å². The zero-order valence-electron chi connectivity index (χ0n) is 22.9. The van der Waals surface area contributed by atoms with Gasteiger partial charge < -0.3 is 16.0 Å². The van der Waals surface area contributed by atoms with E-state index in [0.29, 0.717) is 34.0 Å². The first-order valence-electron chi connectivity index (χ1n) is 13.2. The molecule has 2 aliphatic rings. The summed E-state index contributed by atoms with van der Waals surface area (Å²) in [5.41, 5.74) is 7.79. The molecule has 226 valence electrons. The van der Waals surface area contributed by atoms with Gasteiger partial charge in [0.1, 0.15) is 12.1 Å². The van der Waals surface area contributed by atoms with Gasteiger partial charge in [-0.25, -0.2) is 17.9 Å². The molecule has 1 saturated carbocycles. The van der Waals surface area contributed by atoms with E-state index in [2.05, 4.69) is 25.2 Å². The van der Waals surface area contributed by atoms with Crippen LogP contribution in [0.2, 0.25) is 0 Å². The van der Waals surface area contributed by atoms with Gasteiger partial charge in [0.25, 0.3) is 11.8 Å². The van der Waals surface area contributed by atoms with Crippen LogP contribution in [0.4, 0.5) is 30.4 Å². The molecule has 3 aromatic heterocycles. The molecule has 1 atom stereocenters. The second kappa shape index (κ2) is 9.96. The number of benzene rings is 1. The number of rotatable bonds is 8. The minimum absolute atomic E-state index is 0.000293. The summed E-state index contributed by atoms with van der Waals surface area (Å²) in [6.45, 7) is 0.960. The number of nitrogens with zero attached hydrogens (tertiary/aromatic N) is 6. The lowest BCUT2D eigenvalue weighted by atomic mass is 10.0. The van der Waals surface area contributed by atoms with Gasteiger partial charge in [-0.2, -0.15) is 18.3 Å². The largest absolute Gasteiger partial charge is 0.408 e. The number of nitrogens with two attached hydrogens (primary N) is 1. The van der Waals surface area contributed by atoms with E-state index in [1.807, 2.05) is 6.92 Å². The van der Waals surface area contributed by atoms with Gasteiger partial charge in [0.2, 0.25) is 10.0 Å². The van der Waals surface area contributed by atoms with E-state index >= 15 is 0 Å². The number of nitrogen functional groups attached to an aromatic ring is 1. The number of nitrogens with one attached hydrogen (secondary N) is 2. The quantitative estimate of drug-likeness (QED) is 0.271. The molecular weight excluding hydrogens is 591 g/mol. The molecule has 1 aromatic carbocycles. The number of hydrogen-bond acceptors (Lipinski definition) is 8. The monoisotopic (exact) mass is 617 g/mol. The van der Waals surface area contributed by atoms with Crippen molar-refractivity contribution in [1.82, 2.24) is 29.3 Å². The number of amides is 2. The number of hydrogen-bond donors (Lipinski definition) is 3. The molecular formula is C26H26F3N9O4S. The zero-order valence-corrected chi connectivity index (χ0v) is 23.7. The minimum atomic E-state index is -4.49. The second-order valence-electron chi connectivity index (χ2n) is 10.8. The maximum Gasteiger partial charge on any atom is 0.408 e. The lowest BCUT2D eigenvalue weighted by Crippen LogP contribution is -2.34. The minimum Gasteiger partial charge on any atom is -0.381 e. The van der Waals surface area contributed by atoms with E-state index in [1.165, 1.54) is 16.8 Å². The van der Waals surface area contributed by atoms with Crippen LogP contribution in [0.1, 0.15) is 46.0 Å². The van der Waals surface area contributed by atoms with Crippen LogP contribution >= 0.6 is 0 Å². The van der Waals surface area contributed by atoms with Crippen molar-refractivity contribution in [3.63, 3.8) is 0 Å². The first-order valence-corrected chi connectivity index (χ1v) is 15.1. The first kappa shape index (κ1) is 28.4. The molecule has 4 heterocycles. The third-order valence-corrected chi connectivity index (χ3v) is 7.98. The molecule has 1 fully saturated rings. The van der Waals surface area contributed by atoms with Crippen LogP contribution in [-0.2, 0) is 23.1 Å². The third-order valence-electron chi connectivity index (χ3n) is 7.39.